The molecule has 1 aliphatic heterocycles. The maximum absolute atomic E-state index is 6.09. The van der Waals surface area contributed by atoms with Crippen molar-refractivity contribution in [1.82, 2.24) is 4.90 Å². The highest BCUT2D eigenvalue weighted by Gasteiger charge is 2.30. The first-order chi connectivity index (χ1) is 8.85. The van der Waals surface area contributed by atoms with Crippen LogP contribution in [0.4, 0.5) is 0 Å². The minimum Gasteiger partial charge on any atom is -0.380 e. The monoisotopic (exact) mass is 254 g/mol. The van der Waals surface area contributed by atoms with E-state index < -0.39 is 0 Å². The SMILES string of the molecule is COC1CCCN(C(CN)C2CCCCCC2)C1. The highest BCUT2D eigenvalue weighted by molar-refractivity contribution is 4.85. The zero-order chi connectivity index (χ0) is 12.8. The number of nitrogens with two attached hydrogens (primary N) is 1. The van der Waals surface area contributed by atoms with Crippen LogP contribution < -0.4 is 5.73 Å². The van der Waals surface area contributed by atoms with Crippen LogP contribution in [-0.2, 0) is 4.74 Å². The van der Waals surface area contributed by atoms with Gasteiger partial charge in [-0.25, -0.2) is 0 Å². The zero-order valence-electron chi connectivity index (χ0n) is 11.9. The van der Waals surface area contributed by atoms with Gasteiger partial charge < -0.3 is 10.5 Å². The van der Waals surface area contributed by atoms with E-state index in [-0.39, 0.29) is 0 Å². The van der Waals surface area contributed by atoms with E-state index in [1.165, 1.54) is 57.9 Å². The Morgan fingerprint density at radius 3 is 2.44 bits per heavy atom. The molecule has 2 fully saturated rings. The van der Waals surface area contributed by atoms with E-state index >= 15 is 0 Å². The average Bonchev–Trinajstić information content (AvgIpc) is 2.69. The number of piperidine rings is 1. The molecule has 0 aromatic heterocycles. The molecule has 0 bridgehead atoms. The number of hydrogen-bond donors (Lipinski definition) is 1. The first-order valence-corrected chi connectivity index (χ1v) is 7.82. The second-order valence-corrected chi connectivity index (χ2v) is 6.05. The number of likely N-dealkylation sites (tertiary alicyclic amines) is 1. The van der Waals surface area contributed by atoms with Gasteiger partial charge in [-0.3, -0.25) is 4.90 Å². The smallest absolute Gasteiger partial charge is 0.0698 e. The molecule has 2 atom stereocenters. The lowest BCUT2D eigenvalue weighted by atomic mass is 9.89. The predicted molar refractivity (Wildman–Crippen MR) is 75.6 cm³/mol. The van der Waals surface area contributed by atoms with Gasteiger partial charge >= 0.3 is 0 Å². The van der Waals surface area contributed by atoms with Crippen molar-refractivity contribution in [2.24, 2.45) is 11.7 Å². The summed E-state index contributed by atoms with van der Waals surface area (Å²) in [6.45, 7) is 3.13. The lowest BCUT2D eigenvalue weighted by Gasteiger charge is -2.41. The van der Waals surface area contributed by atoms with Crippen LogP contribution in [0.2, 0.25) is 0 Å². The molecule has 0 aromatic rings. The van der Waals surface area contributed by atoms with Crippen LogP contribution in [0.5, 0.6) is 0 Å². The van der Waals surface area contributed by atoms with Gasteiger partial charge in [0.05, 0.1) is 6.10 Å². The normalized spacial score (nSPS) is 30.0. The largest absolute Gasteiger partial charge is 0.380 e. The average molecular weight is 254 g/mol. The predicted octanol–water partition coefficient (Wildman–Crippen LogP) is 2.39. The number of methoxy groups -OCH3 is 1. The van der Waals surface area contributed by atoms with Crippen LogP contribution in [0.1, 0.15) is 51.4 Å². The summed E-state index contributed by atoms with van der Waals surface area (Å²) in [5.74, 6) is 0.827. The molecule has 1 aliphatic carbocycles. The van der Waals surface area contributed by atoms with Gasteiger partial charge in [0.2, 0.25) is 0 Å². The summed E-state index contributed by atoms with van der Waals surface area (Å²) < 4.78 is 5.55. The Bertz CT molecular complexity index is 227. The summed E-state index contributed by atoms with van der Waals surface area (Å²) in [6, 6.07) is 0.598. The fraction of sp³-hybridized carbons (Fsp3) is 1.00. The van der Waals surface area contributed by atoms with E-state index in [9.17, 15) is 0 Å². The van der Waals surface area contributed by atoms with Crippen molar-refractivity contribution < 1.29 is 4.74 Å². The van der Waals surface area contributed by atoms with Gasteiger partial charge in [0.15, 0.2) is 0 Å². The quantitative estimate of drug-likeness (QED) is 0.783. The first kappa shape index (κ1) is 14.3. The van der Waals surface area contributed by atoms with Crippen molar-refractivity contribution in [1.29, 1.82) is 0 Å². The second-order valence-electron chi connectivity index (χ2n) is 6.05. The first-order valence-electron chi connectivity index (χ1n) is 7.82. The van der Waals surface area contributed by atoms with Crippen LogP contribution >= 0.6 is 0 Å². The summed E-state index contributed by atoms with van der Waals surface area (Å²) >= 11 is 0. The Balaban J connectivity index is 1.93. The molecular formula is C15H30N2O. The molecule has 1 saturated carbocycles. The third-order valence-corrected chi connectivity index (χ3v) is 4.90. The summed E-state index contributed by atoms with van der Waals surface area (Å²) in [4.78, 5) is 2.62. The molecular weight excluding hydrogens is 224 g/mol. The summed E-state index contributed by atoms with van der Waals surface area (Å²) in [6.07, 6.45) is 11.3. The standard InChI is InChI=1S/C15H30N2O/c1-18-14-9-6-10-17(12-14)15(11-16)13-7-4-2-3-5-8-13/h13-15H,2-12,16H2,1H3. The second kappa shape index (κ2) is 7.46. The number of rotatable bonds is 4. The van der Waals surface area contributed by atoms with Crippen molar-refractivity contribution in [3.8, 4) is 0 Å². The van der Waals surface area contributed by atoms with Crippen LogP contribution in [-0.4, -0.2) is 43.8 Å². The van der Waals surface area contributed by atoms with Gasteiger partial charge in [0.25, 0.3) is 0 Å². The fourth-order valence-corrected chi connectivity index (χ4v) is 3.80. The topological polar surface area (TPSA) is 38.5 Å². The van der Waals surface area contributed by atoms with Crippen molar-refractivity contribution in [2.45, 2.75) is 63.5 Å². The maximum atomic E-state index is 6.09. The molecule has 106 valence electrons. The van der Waals surface area contributed by atoms with Gasteiger partial charge in [-0.15, -0.1) is 0 Å². The van der Waals surface area contributed by atoms with E-state index in [0.717, 1.165) is 19.0 Å². The molecule has 3 nitrogen and oxygen atoms in total. The molecule has 0 spiro atoms. The van der Waals surface area contributed by atoms with Gasteiger partial charge in [-0.05, 0) is 38.1 Å². The summed E-state index contributed by atoms with van der Waals surface area (Å²) in [7, 11) is 1.84. The maximum Gasteiger partial charge on any atom is 0.0698 e. The van der Waals surface area contributed by atoms with Crippen molar-refractivity contribution >= 4 is 0 Å². The highest BCUT2D eigenvalue weighted by Crippen LogP contribution is 2.29. The van der Waals surface area contributed by atoms with Gasteiger partial charge in [-0.1, -0.05) is 25.7 Å². The Kier molecular flexibility index (Phi) is 5.93. The molecule has 1 saturated heterocycles. The lowest BCUT2D eigenvalue weighted by molar-refractivity contribution is 0.00295. The Morgan fingerprint density at radius 2 is 1.83 bits per heavy atom. The van der Waals surface area contributed by atoms with Crippen LogP contribution in [0, 0.1) is 5.92 Å². The van der Waals surface area contributed by atoms with E-state index in [0.29, 0.717) is 12.1 Å². The number of hydrogen-bond acceptors (Lipinski definition) is 3. The summed E-state index contributed by atoms with van der Waals surface area (Å²) in [5, 5.41) is 0. The van der Waals surface area contributed by atoms with Crippen molar-refractivity contribution in [3.05, 3.63) is 0 Å². The highest BCUT2D eigenvalue weighted by atomic mass is 16.5. The minimum atomic E-state index is 0.429. The molecule has 0 amide bonds. The Morgan fingerprint density at radius 1 is 1.11 bits per heavy atom. The van der Waals surface area contributed by atoms with Crippen molar-refractivity contribution in [3.63, 3.8) is 0 Å². The van der Waals surface area contributed by atoms with Crippen LogP contribution in [0.3, 0.4) is 0 Å². The molecule has 2 N–H and O–H groups in total. The molecule has 2 rings (SSSR count). The lowest BCUT2D eigenvalue weighted by Crippen LogP contribution is -2.51. The van der Waals surface area contributed by atoms with E-state index in [1.54, 1.807) is 0 Å². The molecule has 18 heavy (non-hydrogen) atoms. The van der Waals surface area contributed by atoms with Gasteiger partial charge in [0, 0.05) is 26.2 Å². The summed E-state index contributed by atoms with van der Waals surface area (Å²) in [5.41, 5.74) is 6.09. The van der Waals surface area contributed by atoms with Crippen LogP contribution in [0.25, 0.3) is 0 Å². The molecule has 1 heterocycles. The fourth-order valence-electron chi connectivity index (χ4n) is 3.80. The zero-order valence-corrected chi connectivity index (χ0v) is 11.9. The molecule has 3 heteroatoms. The third kappa shape index (κ3) is 3.69. The van der Waals surface area contributed by atoms with Crippen LogP contribution in [0.15, 0.2) is 0 Å². The Hall–Kier alpha value is -0.120. The minimum absolute atomic E-state index is 0.429. The number of nitrogens with zero attached hydrogens (tertiary/aromatic N) is 1. The molecule has 2 unspecified atom stereocenters. The van der Waals surface area contributed by atoms with E-state index in [2.05, 4.69) is 4.90 Å². The molecule has 2 aliphatic rings. The van der Waals surface area contributed by atoms with E-state index in [4.69, 9.17) is 10.5 Å². The van der Waals surface area contributed by atoms with E-state index in [1.807, 2.05) is 7.11 Å². The molecule has 0 radical (unpaired) electrons. The van der Waals surface area contributed by atoms with Gasteiger partial charge in [0.1, 0.15) is 0 Å². The Labute approximate surface area is 112 Å². The molecule has 0 aromatic carbocycles. The van der Waals surface area contributed by atoms with Crippen molar-refractivity contribution in [2.75, 3.05) is 26.7 Å². The number of ether oxygens (including phenoxy) is 1. The third-order valence-electron chi connectivity index (χ3n) is 4.90. The van der Waals surface area contributed by atoms with Gasteiger partial charge in [-0.2, -0.15) is 0 Å².